The molecule has 0 saturated carbocycles. The number of fused-ring (bicyclic) bond motifs is 9. The lowest BCUT2D eigenvalue weighted by Crippen LogP contribution is -2.32. The van der Waals surface area contributed by atoms with Gasteiger partial charge in [0.05, 0.1) is 21.7 Å². The molecular weight excluding hydrogens is 633 g/mol. The van der Waals surface area contributed by atoms with Gasteiger partial charge >= 0.3 is 0 Å². The molecule has 0 unspecified atom stereocenters. The van der Waals surface area contributed by atoms with E-state index in [0.717, 1.165) is 33.2 Å². The highest BCUT2D eigenvalue weighted by atomic mass is 32.2. The molecule has 8 aromatic rings. The molecule has 4 heteroatoms. The van der Waals surface area contributed by atoms with E-state index in [1.54, 1.807) is 11.3 Å². The van der Waals surface area contributed by atoms with Crippen LogP contribution in [0.25, 0.3) is 54.8 Å². The molecule has 0 bridgehead atoms. The van der Waals surface area contributed by atoms with Crippen LogP contribution < -0.4 is 0 Å². The lowest BCUT2D eigenvalue weighted by Gasteiger charge is -2.40. The van der Waals surface area contributed by atoms with Crippen molar-refractivity contribution in [2.24, 2.45) is 0 Å². The number of benzene rings is 6. The smallest absolute Gasteiger partial charge is 0.160 e. The number of thiophene rings is 1. The molecule has 0 atom stereocenters. The van der Waals surface area contributed by atoms with Crippen molar-refractivity contribution in [3.05, 3.63) is 192 Å². The van der Waals surface area contributed by atoms with Gasteiger partial charge < -0.3 is 0 Å². The zero-order chi connectivity index (χ0) is 32.4. The van der Waals surface area contributed by atoms with Gasteiger partial charge in [-0.05, 0) is 57.6 Å². The number of hydrogen-bond donors (Lipinski definition) is 0. The fourth-order valence-electron chi connectivity index (χ4n) is 7.74. The summed E-state index contributed by atoms with van der Waals surface area (Å²) < 4.78 is 0. The Morgan fingerprint density at radius 2 is 0.959 bits per heavy atom. The Morgan fingerprint density at radius 1 is 0.408 bits per heavy atom. The van der Waals surface area contributed by atoms with Crippen LogP contribution >= 0.6 is 23.1 Å². The zero-order valence-electron chi connectivity index (χ0n) is 26.4. The normalized spacial score (nSPS) is 13.4. The molecule has 2 nitrogen and oxygen atoms in total. The van der Waals surface area contributed by atoms with Crippen LogP contribution in [0.15, 0.2) is 180 Å². The van der Waals surface area contributed by atoms with E-state index in [-0.39, 0.29) is 5.41 Å². The van der Waals surface area contributed by atoms with Crippen molar-refractivity contribution in [1.29, 1.82) is 0 Å². The van der Waals surface area contributed by atoms with E-state index in [4.69, 9.17) is 9.97 Å². The van der Waals surface area contributed by atoms with Gasteiger partial charge in [-0.2, -0.15) is 0 Å². The highest BCUT2D eigenvalue weighted by Gasteiger charge is 2.50. The third-order valence-corrected chi connectivity index (χ3v) is 12.2. The Balaban J connectivity index is 1.16. The fourth-order valence-corrected chi connectivity index (χ4v) is 10.1. The maximum atomic E-state index is 5.13. The second-order valence-electron chi connectivity index (χ2n) is 12.5. The largest absolute Gasteiger partial charge is 0.228 e. The van der Waals surface area contributed by atoms with Crippen LogP contribution in [-0.4, -0.2) is 9.97 Å². The third-order valence-electron chi connectivity index (χ3n) is 9.83. The van der Waals surface area contributed by atoms with E-state index in [2.05, 4.69) is 146 Å². The molecule has 1 aliphatic heterocycles. The summed E-state index contributed by atoms with van der Waals surface area (Å²) in [6.45, 7) is 0. The second kappa shape index (κ2) is 11.3. The Hall–Kier alpha value is -5.55. The molecule has 3 heterocycles. The van der Waals surface area contributed by atoms with Gasteiger partial charge in [0.25, 0.3) is 0 Å². The minimum absolute atomic E-state index is 0.387. The zero-order valence-corrected chi connectivity index (χ0v) is 28.0. The van der Waals surface area contributed by atoms with E-state index >= 15 is 0 Å². The average Bonchev–Trinajstić information content (AvgIpc) is 3.78. The quantitative estimate of drug-likeness (QED) is 0.188. The number of hydrogen-bond acceptors (Lipinski definition) is 4. The summed E-state index contributed by atoms with van der Waals surface area (Å²) in [6, 6.07) is 61.2. The molecular formula is C45H28N2S2. The van der Waals surface area contributed by atoms with Gasteiger partial charge in [0.2, 0.25) is 0 Å². The molecule has 2 aliphatic rings. The van der Waals surface area contributed by atoms with Crippen LogP contribution in [0.2, 0.25) is 0 Å². The van der Waals surface area contributed by atoms with Crippen molar-refractivity contribution in [3.63, 3.8) is 0 Å². The van der Waals surface area contributed by atoms with E-state index in [1.807, 2.05) is 36.0 Å². The van der Waals surface area contributed by atoms with Crippen LogP contribution in [0.4, 0.5) is 0 Å². The van der Waals surface area contributed by atoms with Crippen molar-refractivity contribution in [1.82, 2.24) is 9.97 Å². The van der Waals surface area contributed by atoms with Gasteiger partial charge in [-0.25, -0.2) is 9.97 Å². The molecule has 1 aliphatic carbocycles. The van der Waals surface area contributed by atoms with Crippen LogP contribution in [-0.2, 0) is 5.41 Å². The third kappa shape index (κ3) is 4.34. The minimum Gasteiger partial charge on any atom is -0.228 e. The SMILES string of the molecule is c1ccc(-c2cc(-c3ccc(-c4cccc5c4Sc4ccccc4C54c5ccccc5-c5ccccc54)s3)nc(-c3ccccc3)n2)cc1. The number of rotatable bonds is 4. The molecule has 10 rings (SSSR count). The van der Waals surface area contributed by atoms with E-state index < -0.39 is 0 Å². The summed E-state index contributed by atoms with van der Waals surface area (Å²) in [7, 11) is 0. The van der Waals surface area contributed by atoms with Crippen molar-refractivity contribution in [2.75, 3.05) is 0 Å². The minimum atomic E-state index is -0.387. The van der Waals surface area contributed by atoms with Crippen molar-refractivity contribution < 1.29 is 0 Å². The number of aromatic nitrogens is 2. The lowest BCUT2D eigenvalue weighted by molar-refractivity contribution is 0.723. The maximum Gasteiger partial charge on any atom is 0.160 e. The van der Waals surface area contributed by atoms with Crippen LogP contribution in [0, 0.1) is 0 Å². The highest BCUT2D eigenvalue weighted by molar-refractivity contribution is 7.99. The Kier molecular flexibility index (Phi) is 6.55. The van der Waals surface area contributed by atoms with Crippen LogP contribution in [0.5, 0.6) is 0 Å². The maximum absolute atomic E-state index is 5.13. The molecule has 0 saturated heterocycles. The summed E-state index contributed by atoms with van der Waals surface area (Å²) >= 11 is 3.70. The summed E-state index contributed by atoms with van der Waals surface area (Å²) in [5, 5.41) is 0. The summed E-state index contributed by atoms with van der Waals surface area (Å²) in [5.74, 6) is 0.733. The first-order valence-corrected chi connectivity index (χ1v) is 18.1. The predicted molar refractivity (Wildman–Crippen MR) is 203 cm³/mol. The molecule has 49 heavy (non-hydrogen) atoms. The first-order valence-electron chi connectivity index (χ1n) is 16.5. The van der Waals surface area contributed by atoms with Crippen LogP contribution in [0.3, 0.4) is 0 Å². The summed E-state index contributed by atoms with van der Waals surface area (Å²) in [5.41, 5.74) is 12.9. The monoisotopic (exact) mass is 660 g/mol. The molecule has 0 N–H and O–H groups in total. The highest BCUT2D eigenvalue weighted by Crippen LogP contribution is 2.63. The molecule has 0 fully saturated rings. The molecule has 6 aromatic carbocycles. The molecule has 230 valence electrons. The van der Waals surface area contributed by atoms with Crippen molar-refractivity contribution in [2.45, 2.75) is 15.2 Å². The molecule has 2 aromatic heterocycles. The van der Waals surface area contributed by atoms with Gasteiger partial charge in [-0.15, -0.1) is 11.3 Å². The fraction of sp³-hybridized carbons (Fsp3) is 0.0222. The molecule has 0 amide bonds. The van der Waals surface area contributed by atoms with E-state index in [1.165, 1.54) is 53.6 Å². The first-order chi connectivity index (χ1) is 24.3. The van der Waals surface area contributed by atoms with Gasteiger partial charge in [0.1, 0.15) is 0 Å². The molecule has 0 radical (unpaired) electrons. The number of nitrogens with zero attached hydrogens (tertiary/aromatic N) is 2. The predicted octanol–water partition coefficient (Wildman–Crippen LogP) is 12.0. The first kappa shape index (κ1) is 28.5. The Labute approximate surface area is 293 Å². The van der Waals surface area contributed by atoms with E-state index in [9.17, 15) is 0 Å². The van der Waals surface area contributed by atoms with Crippen molar-refractivity contribution in [3.8, 4) is 54.8 Å². The Morgan fingerprint density at radius 3 is 1.69 bits per heavy atom. The van der Waals surface area contributed by atoms with E-state index in [0.29, 0.717) is 0 Å². The summed E-state index contributed by atoms with van der Waals surface area (Å²) in [4.78, 5) is 15.1. The average molecular weight is 661 g/mol. The van der Waals surface area contributed by atoms with Gasteiger partial charge in [-0.1, -0.05) is 157 Å². The van der Waals surface area contributed by atoms with Crippen molar-refractivity contribution >= 4 is 23.1 Å². The second-order valence-corrected chi connectivity index (χ2v) is 14.6. The molecule has 1 spiro atoms. The standard InChI is InChI=1S/C45H28N2S2/c1-3-14-29(15-4-1)38-28-39(47-44(46-38)30-16-5-2-6-17-30)42-27-26-40(48-42)33-20-13-24-37-43(33)49-41-25-12-11-23-36(41)45(37)34-21-9-7-18-31(34)32-19-8-10-22-35(32)45/h1-28H. The summed E-state index contributed by atoms with van der Waals surface area (Å²) in [6.07, 6.45) is 0. The van der Waals surface area contributed by atoms with Gasteiger partial charge in [-0.3, -0.25) is 0 Å². The van der Waals surface area contributed by atoms with Gasteiger partial charge in [0, 0.05) is 31.4 Å². The van der Waals surface area contributed by atoms with Gasteiger partial charge in [0.15, 0.2) is 5.82 Å². The topological polar surface area (TPSA) is 25.8 Å². The Bertz CT molecular complexity index is 2430. The lowest BCUT2D eigenvalue weighted by atomic mass is 9.67. The van der Waals surface area contributed by atoms with Crippen LogP contribution in [0.1, 0.15) is 22.3 Å².